The number of benzene rings is 2. The van der Waals surface area contributed by atoms with Crippen LogP contribution in [0.4, 0.5) is 0 Å². The summed E-state index contributed by atoms with van der Waals surface area (Å²) in [5.41, 5.74) is 3.80. The lowest BCUT2D eigenvalue weighted by Crippen LogP contribution is -1.77. The van der Waals surface area contributed by atoms with E-state index in [1.165, 1.54) is 27.5 Å². The predicted octanol–water partition coefficient (Wildman–Crippen LogP) is 5.68. The van der Waals surface area contributed by atoms with Crippen LogP contribution in [0.3, 0.4) is 0 Å². The van der Waals surface area contributed by atoms with Crippen LogP contribution in [0.5, 0.6) is 0 Å². The third kappa shape index (κ3) is 3.69. The van der Waals surface area contributed by atoms with Crippen molar-refractivity contribution in [1.82, 2.24) is 0 Å². The largest absolute Gasteiger partial charge is 0.0874 e. The van der Waals surface area contributed by atoms with Crippen LogP contribution < -0.4 is 0 Å². The Hall–Kier alpha value is -2.08. The van der Waals surface area contributed by atoms with Crippen molar-refractivity contribution in [3.05, 3.63) is 77.4 Å². The van der Waals surface area contributed by atoms with Crippen LogP contribution >= 0.6 is 0 Å². The third-order valence-corrected chi connectivity index (χ3v) is 3.10. The van der Waals surface area contributed by atoms with E-state index >= 15 is 0 Å². The quantitative estimate of drug-likeness (QED) is 0.613. The summed E-state index contributed by atoms with van der Waals surface area (Å²) < 4.78 is 0. The van der Waals surface area contributed by atoms with E-state index in [0.29, 0.717) is 0 Å². The molecule has 0 heterocycles. The maximum atomic E-state index is 2.23. The second-order valence-corrected chi connectivity index (χ2v) is 4.88. The van der Waals surface area contributed by atoms with Gasteiger partial charge in [-0.1, -0.05) is 71.8 Å². The Balaban J connectivity index is 2.24. The van der Waals surface area contributed by atoms with E-state index < -0.39 is 0 Å². The van der Waals surface area contributed by atoms with E-state index in [2.05, 4.69) is 80.6 Å². The van der Waals surface area contributed by atoms with Crippen LogP contribution in [0.1, 0.15) is 25.0 Å². The summed E-state index contributed by atoms with van der Waals surface area (Å²) in [6.07, 6.45) is 10.5. The van der Waals surface area contributed by atoms with Crippen LogP contribution in [0, 0.1) is 6.92 Å². The van der Waals surface area contributed by atoms with Gasteiger partial charge in [0, 0.05) is 0 Å². The summed E-state index contributed by atoms with van der Waals surface area (Å²) in [4.78, 5) is 0. The molecular formula is C19H20. The molecule has 0 radical (unpaired) electrons. The number of hydrogen-bond acceptors (Lipinski definition) is 0. The van der Waals surface area contributed by atoms with Gasteiger partial charge < -0.3 is 0 Å². The fraction of sp³-hybridized carbons (Fsp3) is 0.158. The second kappa shape index (κ2) is 6.19. The van der Waals surface area contributed by atoms with Gasteiger partial charge in [-0.3, -0.25) is 0 Å². The van der Waals surface area contributed by atoms with Crippen LogP contribution in [0.25, 0.3) is 16.8 Å². The van der Waals surface area contributed by atoms with E-state index in [9.17, 15) is 0 Å². The molecule has 0 bridgehead atoms. The summed E-state index contributed by atoms with van der Waals surface area (Å²) in [5, 5.41) is 2.60. The zero-order valence-corrected chi connectivity index (χ0v) is 11.9. The van der Waals surface area contributed by atoms with E-state index in [1.54, 1.807) is 0 Å². The summed E-state index contributed by atoms with van der Waals surface area (Å²) in [7, 11) is 0. The van der Waals surface area contributed by atoms with Gasteiger partial charge in [-0.2, -0.15) is 0 Å². The predicted molar refractivity (Wildman–Crippen MR) is 86.3 cm³/mol. The normalized spacial score (nSPS) is 12.9. The molecule has 0 spiro atoms. The molecule has 0 N–H and O–H groups in total. The molecule has 19 heavy (non-hydrogen) atoms. The lowest BCUT2D eigenvalue weighted by molar-refractivity contribution is 1.50. The van der Waals surface area contributed by atoms with Crippen molar-refractivity contribution < 1.29 is 0 Å². The highest BCUT2D eigenvalue weighted by atomic mass is 14.0. The van der Waals surface area contributed by atoms with Crippen molar-refractivity contribution in [2.75, 3.05) is 0 Å². The van der Waals surface area contributed by atoms with E-state index in [0.717, 1.165) is 0 Å². The van der Waals surface area contributed by atoms with Crippen molar-refractivity contribution >= 4 is 16.8 Å². The smallest absolute Gasteiger partial charge is 0.0178 e. The van der Waals surface area contributed by atoms with Gasteiger partial charge in [0.1, 0.15) is 0 Å². The van der Waals surface area contributed by atoms with Crippen molar-refractivity contribution in [1.29, 1.82) is 0 Å². The fourth-order valence-electron chi connectivity index (χ4n) is 2.12. The van der Waals surface area contributed by atoms with Gasteiger partial charge in [-0.25, -0.2) is 0 Å². The van der Waals surface area contributed by atoms with E-state index in [4.69, 9.17) is 0 Å². The van der Waals surface area contributed by atoms with Crippen LogP contribution in [-0.2, 0) is 0 Å². The Bertz CT molecular complexity index is 655. The van der Waals surface area contributed by atoms with Gasteiger partial charge in [0.25, 0.3) is 0 Å². The maximum Gasteiger partial charge on any atom is -0.0178 e. The van der Waals surface area contributed by atoms with Crippen molar-refractivity contribution in [2.24, 2.45) is 0 Å². The maximum absolute atomic E-state index is 2.23. The highest BCUT2D eigenvalue weighted by Gasteiger charge is 1.94. The van der Waals surface area contributed by atoms with Crippen LogP contribution in [0.2, 0.25) is 0 Å². The fourth-order valence-corrected chi connectivity index (χ4v) is 2.12. The second-order valence-electron chi connectivity index (χ2n) is 4.88. The molecule has 2 aromatic rings. The summed E-state index contributed by atoms with van der Waals surface area (Å²) in [5.74, 6) is 0. The summed E-state index contributed by atoms with van der Waals surface area (Å²) in [6.45, 7) is 6.27. The van der Waals surface area contributed by atoms with Gasteiger partial charge in [0.05, 0.1) is 0 Å². The number of allylic oxidation sites excluding steroid dienone is 5. The molecule has 0 aliphatic heterocycles. The number of aryl methyl sites for hydroxylation is 1. The third-order valence-electron chi connectivity index (χ3n) is 3.10. The first kappa shape index (κ1) is 13.4. The van der Waals surface area contributed by atoms with Gasteiger partial charge in [-0.05, 0) is 43.2 Å². The molecule has 2 rings (SSSR count). The molecule has 0 fully saturated rings. The highest BCUT2D eigenvalue weighted by Crippen LogP contribution is 2.18. The lowest BCUT2D eigenvalue weighted by Gasteiger charge is -2.01. The molecule has 0 nitrogen and oxygen atoms in total. The van der Waals surface area contributed by atoms with E-state index in [1.807, 2.05) is 6.92 Å². The Morgan fingerprint density at radius 3 is 2.53 bits per heavy atom. The standard InChI is InChI=1S/C19H20/c1-4-6-15(2)7-5-8-17-10-12-18-13-16(3)9-11-19(18)14-17/h4-14H,1-3H3/b6-4-,8-5+,15-7-. The lowest BCUT2D eigenvalue weighted by atomic mass is 10.0. The zero-order valence-electron chi connectivity index (χ0n) is 11.9. The number of hydrogen-bond donors (Lipinski definition) is 0. The average Bonchev–Trinajstić information content (AvgIpc) is 2.39. The molecule has 0 heteroatoms. The Kier molecular flexibility index (Phi) is 4.35. The average molecular weight is 248 g/mol. The minimum atomic E-state index is 1.24. The highest BCUT2D eigenvalue weighted by molar-refractivity contribution is 5.85. The summed E-state index contributed by atoms with van der Waals surface area (Å²) in [6, 6.07) is 13.1. The first-order valence-corrected chi connectivity index (χ1v) is 6.67. The van der Waals surface area contributed by atoms with Gasteiger partial charge >= 0.3 is 0 Å². The topological polar surface area (TPSA) is 0 Å². The van der Waals surface area contributed by atoms with Crippen LogP contribution in [0.15, 0.2) is 66.3 Å². The minimum absolute atomic E-state index is 1.24. The van der Waals surface area contributed by atoms with Crippen molar-refractivity contribution in [3.63, 3.8) is 0 Å². The molecule has 0 unspecified atom stereocenters. The zero-order chi connectivity index (χ0) is 13.7. The Morgan fingerprint density at radius 2 is 1.74 bits per heavy atom. The molecule has 0 aliphatic carbocycles. The Labute approximate surface area is 115 Å². The van der Waals surface area contributed by atoms with Crippen molar-refractivity contribution in [2.45, 2.75) is 20.8 Å². The molecule has 0 aliphatic rings. The molecule has 96 valence electrons. The first-order chi connectivity index (χ1) is 9.19. The SMILES string of the molecule is C\C=C/C(C)=C\C=C\c1ccc2cc(C)ccc2c1. The molecule has 0 saturated carbocycles. The van der Waals surface area contributed by atoms with Crippen molar-refractivity contribution in [3.8, 4) is 0 Å². The van der Waals surface area contributed by atoms with Gasteiger partial charge in [0.15, 0.2) is 0 Å². The molecule has 0 saturated heterocycles. The first-order valence-electron chi connectivity index (χ1n) is 6.67. The minimum Gasteiger partial charge on any atom is -0.0874 e. The van der Waals surface area contributed by atoms with Crippen LogP contribution in [-0.4, -0.2) is 0 Å². The number of rotatable bonds is 3. The molecule has 0 amide bonds. The monoisotopic (exact) mass is 248 g/mol. The van der Waals surface area contributed by atoms with Gasteiger partial charge in [0.2, 0.25) is 0 Å². The van der Waals surface area contributed by atoms with Gasteiger partial charge in [-0.15, -0.1) is 0 Å². The van der Waals surface area contributed by atoms with E-state index in [-0.39, 0.29) is 0 Å². The molecule has 0 atom stereocenters. The molecule has 0 aromatic heterocycles. The molecular weight excluding hydrogens is 228 g/mol. The summed E-state index contributed by atoms with van der Waals surface area (Å²) >= 11 is 0. The Morgan fingerprint density at radius 1 is 1.00 bits per heavy atom. The molecule has 2 aromatic carbocycles. The number of fused-ring (bicyclic) bond motifs is 1.